The molecule has 0 spiro atoms. The molecule has 0 aliphatic heterocycles. The summed E-state index contributed by atoms with van der Waals surface area (Å²) in [6.07, 6.45) is 12.0. The predicted molar refractivity (Wildman–Crippen MR) is 103 cm³/mol. The van der Waals surface area contributed by atoms with E-state index in [2.05, 4.69) is 16.1 Å². The first-order valence-corrected chi connectivity index (χ1v) is 11.1. The van der Waals surface area contributed by atoms with Crippen LogP contribution in [0.2, 0.25) is 0 Å². The maximum atomic E-state index is 12.4. The number of carbonyl (C=O) groups is 1. The summed E-state index contributed by atoms with van der Waals surface area (Å²) in [7, 11) is -3.53. The van der Waals surface area contributed by atoms with Crippen LogP contribution in [0, 0.1) is 0 Å². The fourth-order valence-corrected chi connectivity index (χ4v) is 4.72. The number of rotatable bonds is 7. The van der Waals surface area contributed by atoms with Gasteiger partial charge >= 0.3 is 0 Å². The molecule has 0 bridgehead atoms. The fraction of sp³-hybridized carbons (Fsp3) is 0.550. The molecule has 0 atom stereocenters. The largest absolute Gasteiger partial charge is 0.349 e. The minimum Gasteiger partial charge on any atom is -0.349 e. The summed E-state index contributed by atoms with van der Waals surface area (Å²) in [4.78, 5) is 12.4. The molecule has 0 unspecified atom stereocenters. The number of nitrogens with one attached hydrogen (secondary N) is 2. The van der Waals surface area contributed by atoms with E-state index >= 15 is 0 Å². The Bertz CT molecular complexity index is 748. The number of sulfonamides is 1. The van der Waals surface area contributed by atoms with Crippen molar-refractivity contribution in [1.29, 1.82) is 0 Å². The van der Waals surface area contributed by atoms with Crippen LogP contribution in [0.4, 0.5) is 0 Å². The molecule has 1 aromatic carbocycles. The van der Waals surface area contributed by atoms with Gasteiger partial charge in [0.25, 0.3) is 5.91 Å². The number of hydrogen-bond acceptors (Lipinski definition) is 3. The quantitative estimate of drug-likeness (QED) is 0.715. The molecule has 2 aliphatic rings. The van der Waals surface area contributed by atoms with E-state index in [1.54, 1.807) is 12.1 Å². The highest BCUT2D eigenvalue weighted by molar-refractivity contribution is 7.89. The summed E-state index contributed by atoms with van der Waals surface area (Å²) in [6, 6.07) is 6.43. The molecule has 1 saturated carbocycles. The van der Waals surface area contributed by atoms with Gasteiger partial charge in [-0.2, -0.15) is 0 Å². The van der Waals surface area contributed by atoms with Crippen LogP contribution >= 0.6 is 0 Å². The molecule has 2 N–H and O–H groups in total. The van der Waals surface area contributed by atoms with Crippen molar-refractivity contribution in [3.63, 3.8) is 0 Å². The van der Waals surface area contributed by atoms with E-state index in [0.717, 1.165) is 44.9 Å². The first kappa shape index (κ1) is 19.1. The molecule has 1 amide bonds. The van der Waals surface area contributed by atoms with Gasteiger partial charge in [-0.25, -0.2) is 13.1 Å². The van der Waals surface area contributed by atoms with Crippen molar-refractivity contribution in [3.8, 4) is 0 Å². The van der Waals surface area contributed by atoms with Crippen molar-refractivity contribution < 1.29 is 13.2 Å². The highest BCUT2D eigenvalue weighted by Gasteiger charge is 2.19. The Morgan fingerprint density at radius 3 is 2.42 bits per heavy atom. The van der Waals surface area contributed by atoms with Crippen LogP contribution in [0.3, 0.4) is 0 Å². The standard InChI is InChI=1S/C20H28N2O3S/c23-20(22-18-8-4-5-9-18)17-10-12-19(13-11-17)26(24,25)21-15-14-16-6-2-1-3-7-16/h6,10-13,18,21H,1-5,7-9,14-15H2,(H,22,23). The summed E-state index contributed by atoms with van der Waals surface area (Å²) in [5, 5.41) is 3.01. The lowest BCUT2D eigenvalue weighted by Crippen LogP contribution is -2.32. The molecule has 0 heterocycles. The minimum absolute atomic E-state index is 0.127. The Kier molecular flexibility index (Phi) is 6.48. The molecule has 6 heteroatoms. The summed E-state index contributed by atoms with van der Waals surface area (Å²) in [6.45, 7) is 0.415. The third-order valence-corrected chi connectivity index (χ3v) is 6.72. The SMILES string of the molecule is O=C(NC1CCCC1)c1ccc(S(=O)(=O)NCCC2=CCCCC2)cc1. The maximum Gasteiger partial charge on any atom is 0.251 e. The van der Waals surface area contributed by atoms with Crippen LogP contribution in [0.15, 0.2) is 40.8 Å². The number of allylic oxidation sites excluding steroid dienone is 1. The highest BCUT2D eigenvalue weighted by atomic mass is 32.2. The van der Waals surface area contributed by atoms with Crippen molar-refractivity contribution >= 4 is 15.9 Å². The van der Waals surface area contributed by atoms with Crippen LogP contribution in [0.5, 0.6) is 0 Å². The first-order chi connectivity index (χ1) is 12.5. The lowest BCUT2D eigenvalue weighted by molar-refractivity contribution is 0.0938. The van der Waals surface area contributed by atoms with Gasteiger partial charge in [-0.15, -0.1) is 0 Å². The lowest BCUT2D eigenvalue weighted by Gasteiger charge is -2.14. The lowest BCUT2D eigenvalue weighted by atomic mass is 9.97. The normalized spacial score (nSPS) is 18.5. The fourth-order valence-electron chi connectivity index (χ4n) is 3.69. The summed E-state index contributed by atoms with van der Waals surface area (Å²) in [5.74, 6) is -0.127. The molecule has 2 aliphatic carbocycles. The van der Waals surface area contributed by atoms with Crippen molar-refractivity contribution in [2.45, 2.75) is 68.7 Å². The second-order valence-electron chi connectivity index (χ2n) is 7.24. The van der Waals surface area contributed by atoms with Gasteiger partial charge in [0.15, 0.2) is 0 Å². The van der Waals surface area contributed by atoms with Crippen LogP contribution < -0.4 is 10.0 Å². The monoisotopic (exact) mass is 376 g/mol. The molecular formula is C20H28N2O3S. The molecule has 1 aromatic rings. The third-order valence-electron chi connectivity index (χ3n) is 5.24. The first-order valence-electron chi connectivity index (χ1n) is 9.63. The van der Waals surface area contributed by atoms with Gasteiger partial charge in [-0.05, 0) is 69.2 Å². The summed E-state index contributed by atoms with van der Waals surface area (Å²) >= 11 is 0. The number of benzene rings is 1. The molecule has 3 rings (SSSR count). The van der Waals surface area contributed by atoms with Crippen molar-refractivity contribution in [2.75, 3.05) is 6.54 Å². The van der Waals surface area contributed by atoms with Gasteiger partial charge in [0.05, 0.1) is 4.90 Å². The van der Waals surface area contributed by atoms with Gasteiger partial charge in [0, 0.05) is 18.2 Å². The topological polar surface area (TPSA) is 75.3 Å². The van der Waals surface area contributed by atoms with Crippen LogP contribution in [0.1, 0.15) is 68.1 Å². The van der Waals surface area contributed by atoms with E-state index in [1.807, 2.05) is 0 Å². The van der Waals surface area contributed by atoms with E-state index in [-0.39, 0.29) is 16.8 Å². The van der Waals surface area contributed by atoms with Gasteiger partial charge in [0.1, 0.15) is 0 Å². The Labute approximate surface area is 156 Å². The van der Waals surface area contributed by atoms with Crippen LogP contribution in [-0.2, 0) is 10.0 Å². The maximum absolute atomic E-state index is 12.4. The van der Waals surface area contributed by atoms with Crippen molar-refractivity contribution in [3.05, 3.63) is 41.5 Å². The van der Waals surface area contributed by atoms with Gasteiger partial charge in [0.2, 0.25) is 10.0 Å². The average Bonchev–Trinajstić information content (AvgIpc) is 3.15. The van der Waals surface area contributed by atoms with Crippen molar-refractivity contribution in [1.82, 2.24) is 10.0 Å². The zero-order valence-electron chi connectivity index (χ0n) is 15.2. The molecule has 5 nitrogen and oxygen atoms in total. The zero-order valence-corrected chi connectivity index (χ0v) is 16.0. The molecule has 0 aromatic heterocycles. The zero-order chi connectivity index (χ0) is 18.4. The molecule has 0 saturated heterocycles. The third kappa shape index (κ3) is 5.17. The van der Waals surface area contributed by atoms with E-state index in [0.29, 0.717) is 12.1 Å². The van der Waals surface area contributed by atoms with Crippen LogP contribution in [-0.4, -0.2) is 26.9 Å². The molecule has 26 heavy (non-hydrogen) atoms. The Morgan fingerprint density at radius 1 is 1.04 bits per heavy atom. The molecular weight excluding hydrogens is 348 g/mol. The Hall–Kier alpha value is -1.66. The molecule has 142 valence electrons. The van der Waals surface area contributed by atoms with E-state index < -0.39 is 10.0 Å². The summed E-state index contributed by atoms with van der Waals surface area (Å²) in [5.41, 5.74) is 1.85. The molecule has 0 radical (unpaired) electrons. The van der Waals surface area contributed by atoms with Crippen LogP contribution in [0.25, 0.3) is 0 Å². The second kappa shape index (κ2) is 8.82. The van der Waals surface area contributed by atoms with E-state index in [4.69, 9.17) is 0 Å². The van der Waals surface area contributed by atoms with Gasteiger partial charge in [-0.1, -0.05) is 24.5 Å². The van der Waals surface area contributed by atoms with Gasteiger partial charge < -0.3 is 5.32 Å². The summed E-state index contributed by atoms with van der Waals surface area (Å²) < 4.78 is 27.5. The number of hydrogen-bond donors (Lipinski definition) is 2. The smallest absolute Gasteiger partial charge is 0.251 e. The van der Waals surface area contributed by atoms with Gasteiger partial charge in [-0.3, -0.25) is 4.79 Å². The number of carbonyl (C=O) groups excluding carboxylic acids is 1. The minimum atomic E-state index is -3.53. The predicted octanol–water partition coefficient (Wildman–Crippen LogP) is 3.53. The average molecular weight is 377 g/mol. The van der Waals surface area contributed by atoms with E-state index in [1.165, 1.54) is 30.5 Å². The molecule has 1 fully saturated rings. The Balaban J connectivity index is 1.54. The van der Waals surface area contributed by atoms with Crippen molar-refractivity contribution in [2.24, 2.45) is 0 Å². The second-order valence-corrected chi connectivity index (χ2v) is 9.00. The highest BCUT2D eigenvalue weighted by Crippen LogP contribution is 2.20. The van der Waals surface area contributed by atoms with E-state index in [9.17, 15) is 13.2 Å². The number of amides is 1. The Morgan fingerprint density at radius 2 is 1.77 bits per heavy atom.